The Bertz CT molecular complexity index is 443. The molecule has 1 saturated carbocycles. The highest BCUT2D eigenvalue weighted by Crippen LogP contribution is 2.35. The fourth-order valence-electron chi connectivity index (χ4n) is 3.43. The molecule has 1 aliphatic heterocycles. The van der Waals surface area contributed by atoms with Gasteiger partial charge in [0.1, 0.15) is 6.10 Å². The van der Waals surface area contributed by atoms with Gasteiger partial charge in [0.05, 0.1) is 0 Å². The molecule has 1 atom stereocenters. The van der Waals surface area contributed by atoms with Gasteiger partial charge >= 0.3 is 0 Å². The van der Waals surface area contributed by atoms with Crippen LogP contribution in [0.15, 0.2) is 6.20 Å². The number of nitrogens with zero attached hydrogens (tertiary/aromatic N) is 2. The molecular weight excluding hydrogens is 250 g/mol. The molecule has 1 aliphatic carbocycles. The van der Waals surface area contributed by atoms with Crippen LogP contribution in [-0.4, -0.2) is 23.1 Å². The van der Waals surface area contributed by atoms with Crippen molar-refractivity contribution >= 4 is 0 Å². The van der Waals surface area contributed by atoms with Crippen LogP contribution in [0.25, 0.3) is 0 Å². The molecule has 1 aromatic rings. The molecule has 0 saturated heterocycles. The van der Waals surface area contributed by atoms with Gasteiger partial charge in [-0.25, -0.2) is 9.97 Å². The van der Waals surface area contributed by atoms with Gasteiger partial charge in [0.15, 0.2) is 5.82 Å². The van der Waals surface area contributed by atoms with E-state index in [0.29, 0.717) is 5.92 Å². The number of aromatic nitrogens is 2. The Morgan fingerprint density at radius 2 is 2.20 bits per heavy atom. The fraction of sp³-hybridized carbons (Fsp3) is 0.750. The maximum Gasteiger partial charge on any atom is 0.157 e. The minimum atomic E-state index is 0.0977. The first-order valence-corrected chi connectivity index (χ1v) is 8.05. The molecule has 20 heavy (non-hydrogen) atoms. The summed E-state index contributed by atoms with van der Waals surface area (Å²) in [7, 11) is 0. The largest absolute Gasteiger partial charge is 0.370 e. The summed E-state index contributed by atoms with van der Waals surface area (Å²) in [5.74, 6) is 1.52. The van der Waals surface area contributed by atoms with Crippen molar-refractivity contribution < 1.29 is 4.74 Å². The highest BCUT2D eigenvalue weighted by molar-refractivity contribution is 5.21. The Balaban J connectivity index is 1.82. The maximum atomic E-state index is 6.02. The lowest BCUT2D eigenvalue weighted by atomic mass is 9.84. The molecule has 1 unspecified atom stereocenters. The average Bonchev–Trinajstić information content (AvgIpc) is 2.53. The minimum Gasteiger partial charge on any atom is -0.370 e. The molecular formula is C16H25N3O. The number of nitrogens with one attached hydrogen (secondary N) is 1. The van der Waals surface area contributed by atoms with Crippen molar-refractivity contribution in [1.29, 1.82) is 0 Å². The predicted octanol–water partition coefficient (Wildman–Crippen LogP) is 2.78. The van der Waals surface area contributed by atoms with Gasteiger partial charge in [0, 0.05) is 43.6 Å². The van der Waals surface area contributed by atoms with E-state index in [4.69, 9.17) is 9.72 Å². The molecule has 0 radical (unpaired) electrons. The normalized spacial score (nSPS) is 21.4. The molecule has 0 bridgehead atoms. The van der Waals surface area contributed by atoms with Gasteiger partial charge in [-0.15, -0.1) is 0 Å². The Morgan fingerprint density at radius 1 is 1.35 bits per heavy atom. The second-order valence-corrected chi connectivity index (χ2v) is 5.90. The molecule has 3 rings (SSSR count). The lowest BCUT2D eigenvalue weighted by molar-refractivity contribution is -0.000387. The van der Waals surface area contributed by atoms with E-state index >= 15 is 0 Å². The Kier molecular flexibility index (Phi) is 4.63. The molecule has 110 valence electrons. The number of hydrogen-bond acceptors (Lipinski definition) is 4. The van der Waals surface area contributed by atoms with Gasteiger partial charge in [-0.1, -0.05) is 19.3 Å². The summed E-state index contributed by atoms with van der Waals surface area (Å²) < 4.78 is 6.02. The van der Waals surface area contributed by atoms with Gasteiger partial charge in [-0.05, 0) is 25.7 Å². The van der Waals surface area contributed by atoms with Gasteiger partial charge < -0.3 is 10.1 Å². The Hall–Kier alpha value is -1.00. The van der Waals surface area contributed by atoms with E-state index in [1.54, 1.807) is 0 Å². The highest BCUT2D eigenvalue weighted by Gasteiger charge is 2.28. The van der Waals surface area contributed by atoms with Gasteiger partial charge in [-0.2, -0.15) is 0 Å². The lowest BCUT2D eigenvalue weighted by Gasteiger charge is -2.29. The van der Waals surface area contributed by atoms with Crippen LogP contribution in [0, 0.1) is 5.92 Å². The second kappa shape index (κ2) is 6.64. The molecule has 1 fully saturated rings. The zero-order valence-corrected chi connectivity index (χ0v) is 12.4. The number of hydrogen-bond donors (Lipinski definition) is 1. The average molecular weight is 275 g/mol. The Morgan fingerprint density at radius 3 is 3.00 bits per heavy atom. The summed E-state index contributed by atoms with van der Waals surface area (Å²) in [5, 5.41) is 3.37. The molecule has 0 aromatic carbocycles. The topological polar surface area (TPSA) is 47.0 Å². The van der Waals surface area contributed by atoms with Crippen molar-refractivity contribution in [3.05, 3.63) is 23.3 Å². The van der Waals surface area contributed by atoms with E-state index in [-0.39, 0.29) is 6.10 Å². The van der Waals surface area contributed by atoms with E-state index in [2.05, 4.69) is 17.2 Å². The quantitative estimate of drug-likeness (QED) is 0.918. The smallest absolute Gasteiger partial charge is 0.157 e. The zero-order valence-electron chi connectivity index (χ0n) is 12.4. The molecule has 4 nitrogen and oxygen atoms in total. The van der Waals surface area contributed by atoms with Gasteiger partial charge in [-0.3, -0.25) is 0 Å². The first-order chi connectivity index (χ1) is 9.88. The lowest BCUT2D eigenvalue weighted by Crippen LogP contribution is -2.27. The molecule has 2 aliphatic rings. The molecule has 0 amide bonds. The molecule has 2 heterocycles. The first-order valence-electron chi connectivity index (χ1n) is 8.05. The van der Waals surface area contributed by atoms with Crippen LogP contribution in [0.2, 0.25) is 0 Å². The number of rotatable bonds is 4. The highest BCUT2D eigenvalue weighted by atomic mass is 16.5. The van der Waals surface area contributed by atoms with Crippen LogP contribution in [0.4, 0.5) is 0 Å². The van der Waals surface area contributed by atoms with E-state index < -0.39 is 0 Å². The maximum absolute atomic E-state index is 6.02. The van der Waals surface area contributed by atoms with E-state index in [0.717, 1.165) is 31.9 Å². The number of ether oxygens (including phenoxy) is 1. The predicted molar refractivity (Wildman–Crippen MR) is 78.4 cm³/mol. The molecule has 1 aromatic heterocycles. The summed E-state index contributed by atoms with van der Waals surface area (Å²) in [6, 6.07) is 0. The van der Waals surface area contributed by atoms with Crippen LogP contribution >= 0.6 is 0 Å². The molecule has 1 N–H and O–H groups in total. The SMILES string of the molecule is CCOC(c1ncc2c(n1)CCNC2)C1CCCCC1. The van der Waals surface area contributed by atoms with E-state index in [1.165, 1.54) is 43.4 Å². The second-order valence-electron chi connectivity index (χ2n) is 5.90. The summed E-state index contributed by atoms with van der Waals surface area (Å²) in [6.07, 6.45) is 9.63. The van der Waals surface area contributed by atoms with E-state index in [1.807, 2.05) is 6.20 Å². The third kappa shape index (κ3) is 3.01. The minimum absolute atomic E-state index is 0.0977. The van der Waals surface area contributed by atoms with E-state index in [9.17, 15) is 0 Å². The van der Waals surface area contributed by atoms with Crippen molar-refractivity contribution in [2.75, 3.05) is 13.2 Å². The monoisotopic (exact) mass is 275 g/mol. The third-order valence-corrected chi connectivity index (χ3v) is 4.51. The molecule has 4 heteroatoms. The first kappa shape index (κ1) is 14.0. The van der Waals surface area contributed by atoms with Crippen LogP contribution in [-0.2, 0) is 17.7 Å². The van der Waals surface area contributed by atoms with Crippen LogP contribution in [0.1, 0.15) is 62.2 Å². The Labute approximate surface area is 121 Å². The molecule has 0 spiro atoms. The summed E-state index contributed by atoms with van der Waals surface area (Å²) >= 11 is 0. The van der Waals surface area contributed by atoms with Crippen molar-refractivity contribution in [1.82, 2.24) is 15.3 Å². The number of fused-ring (bicyclic) bond motifs is 1. The summed E-state index contributed by atoms with van der Waals surface area (Å²) in [4.78, 5) is 9.44. The van der Waals surface area contributed by atoms with Crippen LogP contribution < -0.4 is 5.32 Å². The summed E-state index contributed by atoms with van der Waals surface area (Å²) in [5.41, 5.74) is 2.47. The fourth-order valence-corrected chi connectivity index (χ4v) is 3.43. The van der Waals surface area contributed by atoms with Crippen LogP contribution in [0.5, 0.6) is 0 Å². The van der Waals surface area contributed by atoms with Crippen molar-refractivity contribution in [3.63, 3.8) is 0 Å². The van der Waals surface area contributed by atoms with Crippen molar-refractivity contribution in [2.24, 2.45) is 5.92 Å². The summed E-state index contributed by atoms with van der Waals surface area (Å²) in [6.45, 7) is 4.73. The van der Waals surface area contributed by atoms with Crippen molar-refractivity contribution in [3.8, 4) is 0 Å². The van der Waals surface area contributed by atoms with Crippen molar-refractivity contribution in [2.45, 2.75) is 58.1 Å². The standard InChI is InChI=1S/C16H25N3O/c1-2-20-15(12-6-4-3-5-7-12)16-18-11-13-10-17-9-8-14(13)19-16/h11-12,15,17H,2-10H2,1H3. The van der Waals surface area contributed by atoms with Gasteiger partial charge in [0.2, 0.25) is 0 Å². The zero-order chi connectivity index (χ0) is 13.8. The third-order valence-electron chi connectivity index (χ3n) is 4.51. The van der Waals surface area contributed by atoms with Crippen LogP contribution in [0.3, 0.4) is 0 Å². The van der Waals surface area contributed by atoms with Gasteiger partial charge in [0.25, 0.3) is 0 Å².